The van der Waals surface area contributed by atoms with E-state index in [1.165, 1.54) is 0 Å². The summed E-state index contributed by atoms with van der Waals surface area (Å²) >= 11 is 0. The molecule has 3 nitrogen and oxygen atoms in total. The third-order valence-electron chi connectivity index (χ3n) is 4.79. The maximum absolute atomic E-state index is 12.9. The van der Waals surface area contributed by atoms with Crippen LogP contribution in [-0.2, 0) is 0 Å². The van der Waals surface area contributed by atoms with Gasteiger partial charge in [-0.15, -0.1) is 0 Å². The van der Waals surface area contributed by atoms with Crippen molar-refractivity contribution in [2.24, 2.45) is 0 Å². The molecular weight excluding hydrogens is 348 g/mol. The third-order valence-corrected chi connectivity index (χ3v) is 4.79. The van der Waals surface area contributed by atoms with Gasteiger partial charge in [-0.25, -0.2) is 4.79 Å². The fraction of sp³-hybridized carbons (Fsp3) is 0. The highest BCUT2D eigenvalue weighted by molar-refractivity contribution is 6.06. The van der Waals surface area contributed by atoms with Gasteiger partial charge < -0.3 is 9.15 Å². The lowest BCUT2D eigenvalue weighted by atomic mass is 10.0. The first-order valence-corrected chi connectivity index (χ1v) is 9.07. The Labute approximate surface area is 161 Å². The van der Waals surface area contributed by atoms with Gasteiger partial charge in [0.15, 0.2) is 0 Å². The van der Waals surface area contributed by atoms with Gasteiger partial charge in [-0.2, -0.15) is 0 Å². The van der Waals surface area contributed by atoms with Crippen molar-refractivity contribution in [3.63, 3.8) is 0 Å². The zero-order valence-corrected chi connectivity index (χ0v) is 15.0. The summed E-state index contributed by atoms with van der Waals surface area (Å²) in [6, 6.07) is 30.7. The Balaban J connectivity index is 1.54. The van der Waals surface area contributed by atoms with Gasteiger partial charge in [-0.3, -0.25) is 0 Å². The first kappa shape index (κ1) is 16.3. The summed E-state index contributed by atoms with van der Waals surface area (Å²) in [6.45, 7) is 0. The Morgan fingerprint density at radius 3 is 2.36 bits per heavy atom. The number of rotatable bonds is 3. The molecule has 0 aliphatic carbocycles. The summed E-state index contributed by atoms with van der Waals surface area (Å²) in [5.74, 6) is 0.845. The zero-order valence-electron chi connectivity index (χ0n) is 15.0. The average Bonchev–Trinajstić information content (AvgIpc) is 3.19. The van der Waals surface area contributed by atoms with Crippen LogP contribution in [0.5, 0.6) is 5.75 Å². The van der Waals surface area contributed by atoms with Crippen molar-refractivity contribution >= 4 is 27.7 Å². The Morgan fingerprint density at radius 1 is 0.714 bits per heavy atom. The molecule has 3 heteroatoms. The number of esters is 1. The molecule has 0 N–H and O–H groups in total. The summed E-state index contributed by atoms with van der Waals surface area (Å²) in [5, 5.41) is 2.65. The van der Waals surface area contributed by atoms with Crippen LogP contribution in [0.2, 0.25) is 0 Å². The number of carbonyl (C=O) groups excluding carboxylic acids is 1. The van der Waals surface area contributed by atoms with Crippen molar-refractivity contribution in [1.29, 1.82) is 0 Å². The molecule has 134 valence electrons. The maximum atomic E-state index is 12.9. The summed E-state index contributed by atoms with van der Waals surface area (Å²) < 4.78 is 11.7. The minimum absolute atomic E-state index is 0.383. The molecule has 0 bridgehead atoms. The van der Waals surface area contributed by atoms with E-state index >= 15 is 0 Å². The second-order valence-electron chi connectivity index (χ2n) is 6.56. The second-order valence-corrected chi connectivity index (χ2v) is 6.56. The highest BCUT2D eigenvalue weighted by atomic mass is 16.5. The molecule has 0 spiro atoms. The maximum Gasteiger partial charge on any atom is 0.344 e. The summed E-state index contributed by atoms with van der Waals surface area (Å²) in [5.41, 5.74) is 2.20. The number of fused-ring (bicyclic) bond motifs is 2. The Kier molecular flexibility index (Phi) is 3.91. The standard InChI is InChI=1S/C25H16O3/c26-25(20-13-6-11-17-8-4-5-12-19(17)20)28-23-15-7-14-22-21(23)16-24(27-22)18-9-2-1-3-10-18/h1-16H. The molecule has 0 saturated carbocycles. The van der Waals surface area contributed by atoms with Crippen LogP contribution >= 0.6 is 0 Å². The molecule has 0 atom stereocenters. The van der Waals surface area contributed by atoms with Crippen molar-refractivity contribution in [1.82, 2.24) is 0 Å². The predicted octanol–water partition coefficient (Wildman–Crippen LogP) is 6.47. The van der Waals surface area contributed by atoms with Crippen LogP contribution in [0.25, 0.3) is 33.1 Å². The summed E-state index contributed by atoms with van der Waals surface area (Å²) in [4.78, 5) is 12.9. The van der Waals surface area contributed by atoms with Crippen LogP contribution in [0, 0.1) is 0 Å². The van der Waals surface area contributed by atoms with E-state index in [4.69, 9.17) is 9.15 Å². The first-order valence-electron chi connectivity index (χ1n) is 9.07. The first-order chi connectivity index (χ1) is 13.8. The quantitative estimate of drug-likeness (QED) is 0.272. The van der Waals surface area contributed by atoms with Gasteiger partial charge in [0.1, 0.15) is 17.1 Å². The highest BCUT2D eigenvalue weighted by Gasteiger charge is 2.16. The van der Waals surface area contributed by atoms with E-state index in [-0.39, 0.29) is 5.97 Å². The van der Waals surface area contributed by atoms with Crippen LogP contribution in [-0.4, -0.2) is 5.97 Å². The van der Waals surface area contributed by atoms with Crippen LogP contribution in [0.15, 0.2) is 101 Å². The SMILES string of the molecule is O=C(Oc1cccc2oc(-c3ccccc3)cc12)c1cccc2ccccc12. The average molecular weight is 364 g/mol. The van der Waals surface area contributed by atoms with Gasteiger partial charge in [-0.05, 0) is 35.0 Å². The number of hydrogen-bond acceptors (Lipinski definition) is 3. The summed E-state index contributed by atoms with van der Waals surface area (Å²) in [7, 11) is 0. The molecule has 0 amide bonds. The van der Waals surface area contributed by atoms with Crippen LogP contribution < -0.4 is 4.74 Å². The van der Waals surface area contributed by atoms with Crippen molar-refractivity contribution in [2.45, 2.75) is 0 Å². The van der Waals surface area contributed by atoms with Crippen molar-refractivity contribution < 1.29 is 13.9 Å². The van der Waals surface area contributed by atoms with E-state index in [1.807, 2.05) is 84.9 Å². The lowest BCUT2D eigenvalue weighted by molar-refractivity contribution is 0.0739. The van der Waals surface area contributed by atoms with E-state index in [0.29, 0.717) is 16.9 Å². The van der Waals surface area contributed by atoms with Gasteiger partial charge in [0, 0.05) is 5.56 Å². The van der Waals surface area contributed by atoms with Gasteiger partial charge in [0.25, 0.3) is 0 Å². The number of carbonyl (C=O) groups is 1. The largest absolute Gasteiger partial charge is 0.456 e. The van der Waals surface area contributed by atoms with Gasteiger partial charge in [-0.1, -0.05) is 72.8 Å². The fourth-order valence-electron chi connectivity index (χ4n) is 3.43. The molecule has 4 aromatic carbocycles. The van der Waals surface area contributed by atoms with Gasteiger partial charge in [0.05, 0.1) is 10.9 Å². The van der Waals surface area contributed by atoms with E-state index in [9.17, 15) is 4.79 Å². The minimum atomic E-state index is -0.383. The van der Waals surface area contributed by atoms with E-state index < -0.39 is 0 Å². The lowest BCUT2D eigenvalue weighted by Gasteiger charge is -2.07. The molecular formula is C25H16O3. The minimum Gasteiger partial charge on any atom is -0.456 e. The van der Waals surface area contributed by atoms with Crippen molar-refractivity contribution in [3.8, 4) is 17.1 Å². The van der Waals surface area contributed by atoms with Crippen LogP contribution in [0.1, 0.15) is 10.4 Å². The molecule has 1 aromatic heterocycles. The normalized spacial score (nSPS) is 11.0. The molecule has 1 heterocycles. The third kappa shape index (κ3) is 2.83. The smallest absolute Gasteiger partial charge is 0.344 e. The van der Waals surface area contributed by atoms with E-state index in [2.05, 4.69) is 0 Å². The van der Waals surface area contributed by atoms with Crippen molar-refractivity contribution in [3.05, 3.63) is 103 Å². The van der Waals surface area contributed by atoms with Crippen LogP contribution in [0.3, 0.4) is 0 Å². The Hall–Kier alpha value is -3.85. The number of ether oxygens (including phenoxy) is 1. The molecule has 0 saturated heterocycles. The fourth-order valence-corrected chi connectivity index (χ4v) is 3.43. The lowest BCUT2D eigenvalue weighted by Crippen LogP contribution is -2.09. The Bertz CT molecular complexity index is 1290. The van der Waals surface area contributed by atoms with Crippen LogP contribution in [0.4, 0.5) is 0 Å². The molecule has 5 rings (SSSR count). The molecule has 0 radical (unpaired) electrons. The topological polar surface area (TPSA) is 39.4 Å². The summed E-state index contributed by atoms with van der Waals surface area (Å²) in [6.07, 6.45) is 0. The van der Waals surface area contributed by atoms with E-state index in [0.717, 1.165) is 27.5 Å². The predicted molar refractivity (Wildman–Crippen MR) is 111 cm³/mol. The zero-order chi connectivity index (χ0) is 18.9. The Morgan fingerprint density at radius 2 is 1.46 bits per heavy atom. The number of benzene rings is 4. The number of furan rings is 1. The molecule has 0 aliphatic rings. The molecule has 5 aromatic rings. The molecule has 0 aliphatic heterocycles. The van der Waals surface area contributed by atoms with Gasteiger partial charge >= 0.3 is 5.97 Å². The monoisotopic (exact) mass is 364 g/mol. The second kappa shape index (κ2) is 6.71. The van der Waals surface area contributed by atoms with E-state index in [1.54, 1.807) is 12.1 Å². The van der Waals surface area contributed by atoms with Crippen molar-refractivity contribution in [2.75, 3.05) is 0 Å². The van der Waals surface area contributed by atoms with Gasteiger partial charge in [0.2, 0.25) is 0 Å². The highest BCUT2D eigenvalue weighted by Crippen LogP contribution is 2.34. The molecule has 0 unspecified atom stereocenters. The molecule has 0 fully saturated rings. The molecule has 28 heavy (non-hydrogen) atoms. The number of hydrogen-bond donors (Lipinski definition) is 0.